The number of β-amino-alcohol motifs (C(OH)–C–C–N with tert-alkyl or cyclic N) is 1. The minimum Gasteiger partial charge on any atom is -0.392 e. The molecule has 1 aromatic heterocycles. The molecule has 0 aliphatic carbocycles. The van der Waals surface area contributed by atoms with Crippen molar-refractivity contribution in [2.24, 2.45) is 0 Å². The van der Waals surface area contributed by atoms with Crippen molar-refractivity contribution in [3.8, 4) is 0 Å². The number of rotatable bonds is 8. The summed E-state index contributed by atoms with van der Waals surface area (Å²) in [5, 5.41) is 10.2. The molecule has 1 aromatic rings. The average Bonchev–Trinajstić information content (AvgIpc) is 2.51. The first-order valence-electron chi connectivity index (χ1n) is 9.06. The van der Waals surface area contributed by atoms with Gasteiger partial charge in [-0.1, -0.05) is 32.6 Å². The van der Waals surface area contributed by atoms with Gasteiger partial charge in [-0.15, -0.1) is 0 Å². The van der Waals surface area contributed by atoms with E-state index in [9.17, 15) is 5.11 Å². The lowest BCUT2D eigenvalue weighted by Gasteiger charge is -2.35. The molecule has 2 heterocycles. The van der Waals surface area contributed by atoms with Crippen molar-refractivity contribution in [2.75, 3.05) is 37.6 Å². The number of hydrogen-bond acceptors (Lipinski definition) is 5. The van der Waals surface area contributed by atoms with E-state index in [-0.39, 0.29) is 6.10 Å². The van der Waals surface area contributed by atoms with Gasteiger partial charge in [0.25, 0.3) is 0 Å². The molecule has 0 spiro atoms. The normalized spacial score (nSPS) is 17.5. The van der Waals surface area contributed by atoms with Crippen molar-refractivity contribution in [2.45, 2.75) is 59.0 Å². The van der Waals surface area contributed by atoms with E-state index in [1.165, 1.54) is 19.3 Å². The SMILES string of the molecule is CCCCCCC(O)CN1CCN(c2nc(C)cc(C)n2)CC1. The highest BCUT2D eigenvalue weighted by Gasteiger charge is 2.21. The highest BCUT2D eigenvalue weighted by atomic mass is 16.3. The predicted molar refractivity (Wildman–Crippen MR) is 94.9 cm³/mol. The molecule has 2 rings (SSSR count). The van der Waals surface area contributed by atoms with Crippen LogP contribution in [-0.2, 0) is 0 Å². The van der Waals surface area contributed by atoms with Crippen molar-refractivity contribution in [1.29, 1.82) is 0 Å². The molecule has 1 unspecified atom stereocenters. The molecular formula is C18H32N4O. The molecule has 1 N–H and O–H groups in total. The number of aliphatic hydroxyl groups excluding tert-OH is 1. The predicted octanol–water partition coefficient (Wildman–Crippen LogP) is 2.55. The monoisotopic (exact) mass is 320 g/mol. The van der Waals surface area contributed by atoms with E-state index in [1.807, 2.05) is 19.9 Å². The molecule has 0 amide bonds. The van der Waals surface area contributed by atoms with Crippen LogP contribution in [0.3, 0.4) is 0 Å². The summed E-state index contributed by atoms with van der Waals surface area (Å²) in [5.74, 6) is 0.849. The molecule has 1 atom stereocenters. The Hall–Kier alpha value is -1.20. The van der Waals surface area contributed by atoms with Gasteiger partial charge in [0.2, 0.25) is 5.95 Å². The molecule has 1 aliphatic heterocycles. The molecule has 0 bridgehead atoms. The molecule has 0 aromatic carbocycles. The zero-order valence-corrected chi connectivity index (χ0v) is 15.0. The van der Waals surface area contributed by atoms with E-state index in [0.717, 1.165) is 62.9 Å². The first kappa shape index (κ1) is 18.1. The van der Waals surface area contributed by atoms with Crippen LogP contribution in [0, 0.1) is 13.8 Å². The van der Waals surface area contributed by atoms with Crippen LogP contribution in [-0.4, -0.2) is 58.8 Å². The lowest BCUT2D eigenvalue weighted by Crippen LogP contribution is -2.49. The fourth-order valence-corrected chi connectivity index (χ4v) is 3.18. The average molecular weight is 320 g/mol. The topological polar surface area (TPSA) is 52.5 Å². The Morgan fingerprint density at radius 1 is 1.04 bits per heavy atom. The maximum Gasteiger partial charge on any atom is 0.225 e. The number of nitrogens with zero attached hydrogens (tertiary/aromatic N) is 4. The van der Waals surface area contributed by atoms with E-state index < -0.39 is 0 Å². The zero-order chi connectivity index (χ0) is 16.7. The third-order valence-corrected chi connectivity index (χ3v) is 4.49. The smallest absolute Gasteiger partial charge is 0.225 e. The van der Waals surface area contributed by atoms with Gasteiger partial charge in [0.1, 0.15) is 0 Å². The lowest BCUT2D eigenvalue weighted by atomic mass is 10.1. The lowest BCUT2D eigenvalue weighted by molar-refractivity contribution is 0.0995. The third-order valence-electron chi connectivity index (χ3n) is 4.49. The maximum atomic E-state index is 10.2. The first-order valence-corrected chi connectivity index (χ1v) is 9.06. The van der Waals surface area contributed by atoms with Crippen LogP contribution in [0.4, 0.5) is 5.95 Å². The van der Waals surface area contributed by atoms with E-state index in [1.54, 1.807) is 0 Å². The Kier molecular flexibility index (Phi) is 7.24. The quantitative estimate of drug-likeness (QED) is 0.746. The fraction of sp³-hybridized carbons (Fsp3) is 0.778. The van der Waals surface area contributed by atoms with Crippen LogP contribution < -0.4 is 4.90 Å². The van der Waals surface area contributed by atoms with Crippen LogP contribution in [0.25, 0.3) is 0 Å². The van der Waals surface area contributed by atoms with Gasteiger partial charge in [-0.2, -0.15) is 0 Å². The van der Waals surface area contributed by atoms with Crippen molar-refractivity contribution < 1.29 is 5.11 Å². The number of aliphatic hydroxyl groups is 1. The number of piperazine rings is 1. The number of unbranched alkanes of at least 4 members (excludes halogenated alkanes) is 3. The van der Waals surface area contributed by atoms with E-state index in [0.29, 0.717) is 0 Å². The van der Waals surface area contributed by atoms with Crippen molar-refractivity contribution in [1.82, 2.24) is 14.9 Å². The minimum atomic E-state index is -0.184. The summed E-state index contributed by atoms with van der Waals surface area (Å²) in [4.78, 5) is 13.7. The number of anilines is 1. The number of aromatic nitrogens is 2. The van der Waals surface area contributed by atoms with Crippen molar-refractivity contribution in [3.63, 3.8) is 0 Å². The van der Waals surface area contributed by atoms with Gasteiger partial charge >= 0.3 is 0 Å². The molecule has 5 nitrogen and oxygen atoms in total. The second-order valence-corrected chi connectivity index (χ2v) is 6.74. The second kappa shape index (κ2) is 9.18. The van der Waals surface area contributed by atoms with Gasteiger partial charge in [-0.25, -0.2) is 9.97 Å². The maximum absolute atomic E-state index is 10.2. The third kappa shape index (κ3) is 6.07. The molecule has 1 saturated heterocycles. The molecule has 0 radical (unpaired) electrons. The van der Waals surface area contributed by atoms with Crippen molar-refractivity contribution in [3.05, 3.63) is 17.5 Å². The zero-order valence-electron chi connectivity index (χ0n) is 15.0. The molecule has 1 fully saturated rings. The van der Waals surface area contributed by atoms with Gasteiger partial charge in [0.05, 0.1) is 6.10 Å². The summed E-state index contributed by atoms with van der Waals surface area (Å²) in [7, 11) is 0. The Bertz CT molecular complexity index is 452. The summed E-state index contributed by atoms with van der Waals surface area (Å²) >= 11 is 0. The molecule has 23 heavy (non-hydrogen) atoms. The molecule has 5 heteroatoms. The number of aryl methyl sites for hydroxylation is 2. The number of hydrogen-bond donors (Lipinski definition) is 1. The van der Waals surface area contributed by atoms with Crippen LogP contribution in [0.2, 0.25) is 0 Å². The van der Waals surface area contributed by atoms with Gasteiger partial charge in [0, 0.05) is 44.1 Å². The van der Waals surface area contributed by atoms with Gasteiger partial charge < -0.3 is 10.0 Å². The summed E-state index contributed by atoms with van der Waals surface area (Å²) in [5.41, 5.74) is 2.05. The van der Waals surface area contributed by atoms with E-state index in [2.05, 4.69) is 26.7 Å². The fourth-order valence-electron chi connectivity index (χ4n) is 3.18. The van der Waals surface area contributed by atoms with Crippen LogP contribution >= 0.6 is 0 Å². The first-order chi connectivity index (χ1) is 11.1. The van der Waals surface area contributed by atoms with Crippen LogP contribution in [0.15, 0.2) is 6.07 Å². The Labute approximate surface area is 140 Å². The van der Waals surface area contributed by atoms with Crippen LogP contribution in [0.5, 0.6) is 0 Å². The van der Waals surface area contributed by atoms with E-state index >= 15 is 0 Å². The summed E-state index contributed by atoms with van der Waals surface area (Å²) < 4.78 is 0. The van der Waals surface area contributed by atoms with Crippen molar-refractivity contribution >= 4 is 5.95 Å². The molecule has 130 valence electrons. The van der Waals surface area contributed by atoms with Gasteiger partial charge in [-0.05, 0) is 26.3 Å². The molecule has 1 aliphatic rings. The Balaban J connectivity index is 1.73. The highest BCUT2D eigenvalue weighted by molar-refractivity contribution is 5.32. The summed E-state index contributed by atoms with van der Waals surface area (Å²) in [6, 6.07) is 2.01. The molecular weight excluding hydrogens is 288 g/mol. The van der Waals surface area contributed by atoms with Crippen LogP contribution in [0.1, 0.15) is 50.4 Å². The second-order valence-electron chi connectivity index (χ2n) is 6.74. The van der Waals surface area contributed by atoms with Gasteiger partial charge in [0.15, 0.2) is 0 Å². The standard InChI is InChI=1S/C18H32N4O/c1-4-5-6-7-8-17(23)14-21-9-11-22(12-10-21)18-19-15(2)13-16(3)20-18/h13,17,23H,4-12,14H2,1-3H3. The Morgan fingerprint density at radius 2 is 1.70 bits per heavy atom. The minimum absolute atomic E-state index is 0.184. The largest absolute Gasteiger partial charge is 0.392 e. The van der Waals surface area contributed by atoms with Gasteiger partial charge in [-0.3, -0.25) is 4.90 Å². The summed E-state index contributed by atoms with van der Waals surface area (Å²) in [6.07, 6.45) is 5.66. The summed E-state index contributed by atoms with van der Waals surface area (Å²) in [6.45, 7) is 10.9. The molecule has 0 saturated carbocycles. The van der Waals surface area contributed by atoms with E-state index in [4.69, 9.17) is 0 Å². The highest BCUT2D eigenvalue weighted by Crippen LogP contribution is 2.14. The Morgan fingerprint density at radius 3 is 2.30 bits per heavy atom.